The van der Waals surface area contributed by atoms with Crippen molar-refractivity contribution in [2.75, 3.05) is 31.1 Å². The molecule has 39 heavy (non-hydrogen) atoms. The lowest BCUT2D eigenvalue weighted by Crippen LogP contribution is -2.49. The van der Waals surface area contributed by atoms with Crippen molar-refractivity contribution in [2.45, 2.75) is 13.5 Å². The first-order valence-corrected chi connectivity index (χ1v) is 12.9. The minimum atomic E-state index is -0.745. The molecule has 1 aliphatic rings. The topological polar surface area (TPSA) is 88.7 Å². The maximum atomic E-state index is 13.6. The molecule has 1 saturated heterocycles. The number of hydrogen-bond acceptors (Lipinski definition) is 5. The number of carbonyl (C=O) groups excluding carboxylic acids is 1. The zero-order valence-electron chi connectivity index (χ0n) is 20.9. The van der Waals surface area contributed by atoms with Gasteiger partial charge in [0.25, 0.3) is 5.91 Å². The number of hydrogen-bond donors (Lipinski definition) is 0. The molecule has 1 aromatic heterocycles. The van der Waals surface area contributed by atoms with Crippen LogP contribution in [0.1, 0.15) is 21.5 Å². The number of aryl methyl sites for hydroxylation is 1. The Labute approximate surface area is 232 Å². The average molecular weight is 569 g/mol. The van der Waals surface area contributed by atoms with Crippen molar-refractivity contribution >= 4 is 51.4 Å². The van der Waals surface area contributed by atoms with Gasteiger partial charge in [-0.2, -0.15) is 0 Å². The van der Waals surface area contributed by atoms with Crippen LogP contribution in [-0.2, 0) is 6.54 Å². The van der Waals surface area contributed by atoms with E-state index in [1.807, 2.05) is 19.1 Å². The Kier molecular flexibility index (Phi) is 7.29. The highest BCUT2D eigenvalue weighted by atomic mass is 35.5. The molecule has 200 valence electrons. The number of fused-ring (bicyclic) bond motifs is 1. The normalized spacial score (nSPS) is 13.6. The standard InChI is InChI=1S/C28H23Cl2FN4O4/c1-17-2-9-24-21(14-17)25(26(35(38)39)28(37)34(24)16-18-3-6-20(31)7-4-18)32-10-12-33(13-11-32)27(36)19-5-8-22(29)23(30)15-19/h2-9,14-15H,10-13,16H2,1H3. The summed E-state index contributed by atoms with van der Waals surface area (Å²) < 4.78 is 14.8. The Morgan fingerprint density at radius 1 is 0.974 bits per heavy atom. The molecule has 0 saturated carbocycles. The highest BCUT2D eigenvalue weighted by molar-refractivity contribution is 6.42. The van der Waals surface area contributed by atoms with Crippen molar-refractivity contribution < 1.29 is 14.1 Å². The number of pyridine rings is 1. The van der Waals surface area contributed by atoms with Crippen LogP contribution in [0.4, 0.5) is 15.8 Å². The highest BCUT2D eigenvalue weighted by Crippen LogP contribution is 2.35. The molecule has 1 aliphatic heterocycles. The Hall–Kier alpha value is -3.95. The van der Waals surface area contributed by atoms with Crippen molar-refractivity contribution in [2.24, 2.45) is 0 Å². The van der Waals surface area contributed by atoms with Gasteiger partial charge in [0.1, 0.15) is 11.5 Å². The molecule has 0 spiro atoms. The first-order chi connectivity index (χ1) is 18.6. The van der Waals surface area contributed by atoms with E-state index in [0.29, 0.717) is 53.2 Å². The van der Waals surface area contributed by atoms with Gasteiger partial charge in [-0.3, -0.25) is 24.3 Å². The third kappa shape index (κ3) is 5.20. The number of benzene rings is 3. The molecule has 0 radical (unpaired) electrons. The minimum absolute atomic E-state index is 0.0473. The third-order valence-corrected chi connectivity index (χ3v) is 7.60. The van der Waals surface area contributed by atoms with Crippen LogP contribution in [0.25, 0.3) is 10.9 Å². The maximum Gasteiger partial charge on any atom is 0.357 e. The van der Waals surface area contributed by atoms with Crippen LogP contribution in [0.2, 0.25) is 10.0 Å². The van der Waals surface area contributed by atoms with Gasteiger partial charge < -0.3 is 9.80 Å². The van der Waals surface area contributed by atoms with Gasteiger partial charge in [0.05, 0.1) is 27.0 Å². The molecule has 1 fully saturated rings. The average Bonchev–Trinajstić information content (AvgIpc) is 2.92. The second-order valence-electron chi connectivity index (χ2n) is 9.40. The zero-order valence-corrected chi connectivity index (χ0v) is 22.4. The predicted molar refractivity (Wildman–Crippen MR) is 150 cm³/mol. The van der Waals surface area contributed by atoms with Crippen LogP contribution in [0, 0.1) is 22.9 Å². The molecule has 1 amide bonds. The molecular weight excluding hydrogens is 546 g/mol. The molecule has 0 unspecified atom stereocenters. The molecule has 3 aromatic carbocycles. The number of amides is 1. The number of nitro groups is 1. The maximum absolute atomic E-state index is 13.6. The molecule has 0 N–H and O–H groups in total. The van der Waals surface area contributed by atoms with Gasteiger partial charge in [-0.25, -0.2) is 4.39 Å². The van der Waals surface area contributed by atoms with E-state index in [2.05, 4.69) is 0 Å². The molecule has 0 aliphatic carbocycles. The molecule has 0 bridgehead atoms. The van der Waals surface area contributed by atoms with Crippen LogP contribution < -0.4 is 10.5 Å². The number of carbonyl (C=O) groups is 1. The van der Waals surface area contributed by atoms with E-state index in [9.17, 15) is 24.1 Å². The van der Waals surface area contributed by atoms with Crippen molar-refractivity contribution in [3.05, 3.63) is 114 Å². The summed E-state index contributed by atoms with van der Waals surface area (Å²) in [6.07, 6.45) is 0. The lowest BCUT2D eigenvalue weighted by molar-refractivity contribution is -0.385. The Morgan fingerprint density at radius 3 is 2.31 bits per heavy atom. The van der Waals surface area contributed by atoms with Crippen molar-refractivity contribution in [1.82, 2.24) is 9.47 Å². The van der Waals surface area contributed by atoms with Crippen molar-refractivity contribution in [3.63, 3.8) is 0 Å². The fourth-order valence-corrected chi connectivity index (χ4v) is 5.20. The van der Waals surface area contributed by atoms with Gasteiger partial charge in [-0.15, -0.1) is 0 Å². The molecule has 11 heteroatoms. The number of anilines is 1. The molecule has 5 rings (SSSR count). The van der Waals surface area contributed by atoms with Crippen molar-refractivity contribution in [3.8, 4) is 0 Å². The lowest BCUT2D eigenvalue weighted by atomic mass is 10.1. The third-order valence-electron chi connectivity index (χ3n) is 6.86. The Morgan fingerprint density at radius 2 is 1.67 bits per heavy atom. The van der Waals surface area contributed by atoms with E-state index in [4.69, 9.17) is 23.2 Å². The highest BCUT2D eigenvalue weighted by Gasteiger charge is 2.32. The van der Waals surface area contributed by atoms with Crippen LogP contribution in [0.5, 0.6) is 0 Å². The summed E-state index contributed by atoms with van der Waals surface area (Å²) in [5, 5.41) is 13.5. The quantitative estimate of drug-likeness (QED) is 0.228. The van der Waals surface area contributed by atoms with E-state index < -0.39 is 22.0 Å². The summed E-state index contributed by atoms with van der Waals surface area (Å²) in [4.78, 5) is 41.7. The Balaban J connectivity index is 1.53. The Bertz CT molecular complexity index is 1670. The molecule has 4 aromatic rings. The molecular formula is C28H23Cl2FN4O4. The number of piperazine rings is 1. The lowest BCUT2D eigenvalue weighted by Gasteiger charge is -2.36. The smallest absolute Gasteiger partial charge is 0.357 e. The fraction of sp³-hybridized carbons (Fsp3) is 0.214. The van der Waals surface area contributed by atoms with E-state index in [1.165, 1.54) is 22.8 Å². The summed E-state index contributed by atoms with van der Waals surface area (Å²) in [7, 11) is 0. The number of aromatic nitrogens is 1. The number of rotatable bonds is 5. The van der Waals surface area contributed by atoms with E-state index in [0.717, 1.165) is 5.56 Å². The monoisotopic (exact) mass is 568 g/mol. The van der Waals surface area contributed by atoms with Gasteiger partial charge in [0.15, 0.2) is 0 Å². The number of halogens is 3. The summed E-state index contributed by atoms with van der Waals surface area (Å²) in [6, 6.07) is 15.8. The SMILES string of the molecule is Cc1ccc2c(c1)c(N1CCN(C(=O)c3ccc(Cl)c(Cl)c3)CC1)c([N+](=O)[O-])c(=O)n2Cc1ccc(F)cc1. The fourth-order valence-electron chi connectivity index (χ4n) is 4.90. The summed E-state index contributed by atoms with van der Waals surface area (Å²) in [6.45, 7) is 3.09. The van der Waals surface area contributed by atoms with Crippen LogP contribution >= 0.6 is 23.2 Å². The second kappa shape index (κ2) is 10.7. The van der Waals surface area contributed by atoms with Gasteiger partial charge in [0.2, 0.25) is 0 Å². The predicted octanol–water partition coefficient (Wildman–Crippen LogP) is 5.67. The molecule has 2 heterocycles. The van der Waals surface area contributed by atoms with Crippen molar-refractivity contribution in [1.29, 1.82) is 0 Å². The zero-order chi connectivity index (χ0) is 27.8. The first-order valence-electron chi connectivity index (χ1n) is 12.2. The second-order valence-corrected chi connectivity index (χ2v) is 10.2. The van der Waals surface area contributed by atoms with Gasteiger partial charge in [-0.1, -0.05) is 47.0 Å². The first kappa shape index (κ1) is 26.6. The summed E-state index contributed by atoms with van der Waals surface area (Å²) in [5.41, 5.74) is 1.40. The van der Waals surface area contributed by atoms with Gasteiger partial charge in [-0.05, 0) is 55.0 Å². The molecule has 0 atom stereocenters. The van der Waals surface area contributed by atoms with E-state index in [1.54, 1.807) is 40.1 Å². The van der Waals surface area contributed by atoms with Gasteiger partial charge in [0, 0.05) is 37.1 Å². The largest absolute Gasteiger partial charge is 0.362 e. The van der Waals surface area contributed by atoms with Crippen LogP contribution in [0.15, 0.2) is 65.5 Å². The minimum Gasteiger partial charge on any atom is -0.362 e. The summed E-state index contributed by atoms with van der Waals surface area (Å²) >= 11 is 12.0. The van der Waals surface area contributed by atoms with E-state index in [-0.39, 0.29) is 23.2 Å². The van der Waals surface area contributed by atoms with Crippen LogP contribution in [0.3, 0.4) is 0 Å². The summed E-state index contributed by atoms with van der Waals surface area (Å²) in [5.74, 6) is -0.636. The number of nitrogens with zero attached hydrogens (tertiary/aromatic N) is 4. The molecule has 8 nitrogen and oxygen atoms in total. The van der Waals surface area contributed by atoms with E-state index >= 15 is 0 Å². The van der Waals surface area contributed by atoms with Gasteiger partial charge >= 0.3 is 11.2 Å². The van der Waals surface area contributed by atoms with Crippen LogP contribution in [-0.4, -0.2) is 46.5 Å².